The van der Waals surface area contributed by atoms with E-state index in [0.29, 0.717) is 21.7 Å². The van der Waals surface area contributed by atoms with Crippen molar-refractivity contribution in [3.05, 3.63) is 16.1 Å². The van der Waals surface area contributed by atoms with E-state index in [-0.39, 0.29) is 0 Å². The third kappa shape index (κ3) is 3.86. The molecule has 0 amide bonds. The lowest BCUT2D eigenvalue weighted by Crippen LogP contribution is -2.47. The fourth-order valence-electron chi connectivity index (χ4n) is 1.90. The molecule has 0 saturated carbocycles. The zero-order chi connectivity index (χ0) is 13.8. The zero-order valence-corrected chi connectivity index (χ0v) is 12.7. The second-order valence-corrected chi connectivity index (χ2v) is 5.40. The first-order valence-electron chi connectivity index (χ1n) is 6.40. The number of hydrogen-bond donors (Lipinski definition) is 2. The Hall–Kier alpha value is -0.750. The molecule has 106 valence electrons. The molecule has 5 nitrogen and oxygen atoms in total. The van der Waals surface area contributed by atoms with Crippen molar-refractivity contribution in [1.29, 1.82) is 0 Å². The average Bonchev–Trinajstić information content (AvgIpc) is 2.38. The molecule has 1 aliphatic rings. The van der Waals surface area contributed by atoms with Gasteiger partial charge in [-0.05, 0) is 20.0 Å². The van der Waals surface area contributed by atoms with Gasteiger partial charge >= 0.3 is 0 Å². The molecule has 2 heterocycles. The van der Waals surface area contributed by atoms with Crippen molar-refractivity contribution in [2.24, 2.45) is 0 Å². The van der Waals surface area contributed by atoms with Gasteiger partial charge in [-0.15, -0.1) is 0 Å². The van der Waals surface area contributed by atoms with Crippen LogP contribution in [0.1, 0.15) is 6.92 Å². The summed E-state index contributed by atoms with van der Waals surface area (Å²) < 4.78 is 0. The van der Waals surface area contributed by atoms with Crippen LogP contribution in [0.5, 0.6) is 0 Å². The van der Waals surface area contributed by atoms with Crippen molar-refractivity contribution in [2.45, 2.75) is 6.92 Å². The van der Waals surface area contributed by atoms with Crippen molar-refractivity contribution in [2.75, 3.05) is 50.5 Å². The fourth-order valence-corrected chi connectivity index (χ4v) is 2.37. The first-order valence-corrected chi connectivity index (χ1v) is 7.15. The average molecular weight is 304 g/mol. The molecule has 1 fully saturated rings. The highest BCUT2D eigenvalue weighted by molar-refractivity contribution is 6.37. The summed E-state index contributed by atoms with van der Waals surface area (Å²) in [5.41, 5.74) is 3.26. The molecule has 1 aromatic heterocycles. The van der Waals surface area contributed by atoms with Crippen LogP contribution in [-0.2, 0) is 0 Å². The number of nitrogens with one attached hydrogen (secondary N) is 2. The summed E-state index contributed by atoms with van der Waals surface area (Å²) in [6.07, 6.45) is 0. The Labute approximate surface area is 123 Å². The highest BCUT2D eigenvalue weighted by Gasteiger charge is 2.16. The van der Waals surface area contributed by atoms with Crippen molar-refractivity contribution < 1.29 is 0 Å². The number of likely N-dealkylation sites (N-methyl/N-ethyl adjacent to an activating group) is 1. The van der Waals surface area contributed by atoms with E-state index in [4.69, 9.17) is 23.2 Å². The monoisotopic (exact) mass is 303 g/mol. The van der Waals surface area contributed by atoms with Gasteiger partial charge in [0.1, 0.15) is 5.82 Å². The summed E-state index contributed by atoms with van der Waals surface area (Å²) in [5, 5.41) is 6.31. The van der Waals surface area contributed by atoms with Crippen LogP contribution in [-0.4, -0.2) is 54.7 Å². The molecule has 0 atom stereocenters. The van der Waals surface area contributed by atoms with Gasteiger partial charge in [0.2, 0.25) is 0 Å². The second kappa shape index (κ2) is 6.61. The molecule has 2 N–H and O–H groups in total. The SMILES string of the molecule is CCNc1nc(NN2CCN(C)CC2)c(Cl)cc1Cl. The Balaban J connectivity index is 2.08. The van der Waals surface area contributed by atoms with Crippen molar-refractivity contribution in [3.63, 3.8) is 0 Å². The van der Waals surface area contributed by atoms with Crippen LogP contribution < -0.4 is 10.7 Å². The maximum Gasteiger partial charge on any atom is 0.161 e. The summed E-state index contributed by atoms with van der Waals surface area (Å²) in [4.78, 5) is 6.72. The quantitative estimate of drug-likeness (QED) is 0.894. The van der Waals surface area contributed by atoms with Gasteiger partial charge in [0.05, 0.1) is 10.0 Å². The number of aromatic nitrogens is 1. The lowest BCUT2D eigenvalue weighted by Gasteiger charge is -2.33. The number of hydrazine groups is 1. The predicted octanol–water partition coefficient (Wildman–Crippen LogP) is 2.39. The first kappa shape index (κ1) is 14.7. The van der Waals surface area contributed by atoms with Crippen LogP contribution in [0, 0.1) is 0 Å². The second-order valence-electron chi connectivity index (χ2n) is 4.58. The summed E-state index contributed by atoms with van der Waals surface area (Å²) in [7, 11) is 2.12. The smallest absolute Gasteiger partial charge is 0.161 e. The van der Waals surface area contributed by atoms with Crippen molar-refractivity contribution in [1.82, 2.24) is 14.9 Å². The van der Waals surface area contributed by atoms with E-state index in [1.165, 1.54) is 0 Å². The number of pyridine rings is 1. The molecule has 0 bridgehead atoms. The fraction of sp³-hybridized carbons (Fsp3) is 0.583. The predicted molar refractivity (Wildman–Crippen MR) is 81.1 cm³/mol. The Kier molecular flexibility index (Phi) is 5.10. The Morgan fingerprint density at radius 2 is 1.79 bits per heavy atom. The van der Waals surface area contributed by atoms with Gasteiger partial charge in [0.15, 0.2) is 5.82 Å². The maximum absolute atomic E-state index is 6.18. The molecule has 0 spiro atoms. The third-order valence-corrected chi connectivity index (χ3v) is 3.62. The number of anilines is 2. The molecule has 2 rings (SSSR count). The van der Waals surface area contributed by atoms with E-state index in [0.717, 1.165) is 32.7 Å². The number of hydrogen-bond acceptors (Lipinski definition) is 5. The summed E-state index contributed by atoms with van der Waals surface area (Å²) in [6, 6.07) is 1.71. The Morgan fingerprint density at radius 3 is 2.42 bits per heavy atom. The van der Waals surface area contributed by atoms with E-state index >= 15 is 0 Å². The summed E-state index contributed by atoms with van der Waals surface area (Å²) in [5.74, 6) is 1.30. The molecular weight excluding hydrogens is 285 g/mol. The summed E-state index contributed by atoms with van der Waals surface area (Å²) >= 11 is 12.3. The molecule has 0 radical (unpaired) electrons. The minimum absolute atomic E-state index is 0.533. The van der Waals surface area contributed by atoms with Gasteiger partial charge in [-0.25, -0.2) is 9.99 Å². The Morgan fingerprint density at radius 1 is 1.16 bits per heavy atom. The third-order valence-electron chi connectivity index (χ3n) is 3.04. The minimum atomic E-state index is 0.533. The largest absolute Gasteiger partial charge is 0.369 e. The van der Waals surface area contributed by atoms with Gasteiger partial charge in [0, 0.05) is 32.7 Å². The van der Waals surface area contributed by atoms with Crippen LogP contribution in [0.3, 0.4) is 0 Å². The number of halogens is 2. The van der Waals surface area contributed by atoms with Gasteiger partial charge in [-0.3, -0.25) is 0 Å². The highest BCUT2D eigenvalue weighted by Crippen LogP contribution is 2.29. The zero-order valence-electron chi connectivity index (χ0n) is 11.2. The van der Waals surface area contributed by atoms with E-state index in [1.807, 2.05) is 6.92 Å². The van der Waals surface area contributed by atoms with Crippen LogP contribution in [0.15, 0.2) is 6.07 Å². The van der Waals surface area contributed by atoms with Gasteiger partial charge in [-0.2, -0.15) is 0 Å². The number of piperazine rings is 1. The molecule has 0 aromatic carbocycles. The van der Waals surface area contributed by atoms with Crippen molar-refractivity contribution in [3.8, 4) is 0 Å². The van der Waals surface area contributed by atoms with Gasteiger partial charge in [-0.1, -0.05) is 23.2 Å². The summed E-state index contributed by atoms with van der Waals surface area (Å²) in [6.45, 7) is 6.69. The van der Waals surface area contributed by atoms with E-state index in [2.05, 4.69) is 32.7 Å². The van der Waals surface area contributed by atoms with Crippen LogP contribution in [0.25, 0.3) is 0 Å². The maximum atomic E-state index is 6.18. The first-order chi connectivity index (χ1) is 9.10. The van der Waals surface area contributed by atoms with Gasteiger partial charge < -0.3 is 15.6 Å². The number of rotatable bonds is 4. The highest BCUT2D eigenvalue weighted by atomic mass is 35.5. The van der Waals surface area contributed by atoms with Crippen LogP contribution >= 0.6 is 23.2 Å². The van der Waals surface area contributed by atoms with E-state index in [9.17, 15) is 0 Å². The molecule has 19 heavy (non-hydrogen) atoms. The van der Waals surface area contributed by atoms with Crippen molar-refractivity contribution >= 4 is 34.8 Å². The van der Waals surface area contributed by atoms with E-state index < -0.39 is 0 Å². The normalized spacial score (nSPS) is 17.5. The standard InChI is InChI=1S/C12H19Cl2N5/c1-3-15-11-9(13)8-10(14)12(16-11)17-19-6-4-18(2)5-7-19/h8H,3-7H2,1-2H3,(H2,15,16,17). The van der Waals surface area contributed by atoms with Crippen LogP contribution in [0.2, 0.25) is 10.0 Å². The Bertz CT molecular complexity index is 432. The molecule has 7 heteroatoms. The lowest BCUT2D eigenvalue weighted by atomic mass is 10.4. The van der Waals surface area contributed by atoms with Crippen LogP contribution in [0.4, 0.5) is 11.6 Å². The topological polar surface area (TPSA) is 43.4 Å². The molecule has 0 aliphatic carbocycles. The molecule has 1 aromatic rings. The molecular formula is C12H19Cl2N5. The molecule has 0 unspecified atom stereocenters. The van der Waals surface area contributed by atoms with Gasteiger partial charge in [0.25, 0.3) is 0 Å². The molecule has 1 aliphatic heterocycles. The number of nitrogens with zero attached hydrogens (tertiary/aromatic N) is 3. The minimum Gasteiger partial charge on any atom is -0.369 e. The molecule has 1 saturated heterocycles. The van der Waals surface area contributed by atoms with E-state index in [1.54, 1.807) is 6.07 Å². The lowest BCUT2D eigenvalue weighted by molar-refractivity contribution is 0.178.